The van der Waals surface area contributed by atoms with Gasteiger partial charge in [0, 0.05) is 23.1 Å². The van der Waals surface area contributed by atoms with E-state index in [-0.39, 0.29) is 5.91 Å². The van der Waals surface area contributed by atoms with E-state index in [9.17, 15) is 4.79 Å². The molecule has 0 saturated heterocycles. The van der Waals surface area contributed by atoms with E-state index in [0.29, 0.717) is 13.0 Å². The zero-order valence-electron chi connectivity index (χ0n) is 9.86. The third kappa shape index (κ3) is 3.61. The van der Waals surface area contributed by atoms with Gasteiger partial charge in [0.15, 0.2) is 0 Å². The molecule has 88 valence electrons. The lowest BCUT2D eigenvalue weighted by Gasteiger charge is -2.12. The van der Waals surface area contributed by atoms with Crippen LogP contribution in [0.3, 0.4) is 0 Å². The summed E-state index contributed by atoms with van der Waals surface area (Å²) in [5, 5.41) is 5.90. The first-order chi connectivity index (χ1) is 7.54. The Labute approximate surface area is 105 Å². The van der Waals surface area contributed by atoms with Crippen LogP contribution in [0.5, 0.6) is 0 Å². The average Bonchev–Trinajstić information content (AvgIpc) is 2.20. The van der Waals surface area contributed by atoms with Crippen molar-refractivity contribution in [2.24, 2.45) is 0 Å². The van der Waals surface area contributed by atoms with Crippen molar-refractivity contribution in [2.45, 2.75) is 20.3 Å². The summed E-state index contributed by atoms with van der Waals surface area (Å²) in [5.74, 6) is 0.0443. The predicted octanol–water partition coefficient (Wildman–Crippen LogP) is 2.61. The van der Waals surface area contributed by atoms with Gasteiger partial charge in [0.25, 0.3) is 0 Å². The summed E-state index contributed by atoms with van der Waals surface area (Å²) in [6.07, 6.45) is 0.492. The summed E-state index contributed by atoms with van der Waals surface area (Å²) in [6.45, 7) is 4.68. The van der Waals surface area contributed by atoms with Gasteiger partial charge < -0.3 is 10.6 Å². The predicted molar refractivity (Wildman–Crippen MR) is 70.8 cm³/mol. The minimum atomic E-state index is 0.0443. The molecule has 0 atom stereocenters. The van der Waals surface area contributed by atoms with Crippen LogP contribution in [0.4, 0.5) is 5.69 Å². The monoisotopic (exact) mass is 284 g/mol. The first-order valence-electron chi connectivity index (χ1n) is 5.25. The van der Waals surface area contributed by atoms with Crippen LogP contribution < -0.4 is 10.6 Å². The van der Waals surface area contributed by atoms with Crippen molar-refractivity contribution in [3.63, 3.8) is 0 Å². The Bertz CT molecular complexity index is 368. The van der Waals surface area contributed by atoms with Crippen LogP contribution >= 0.6 is 15.9 Å². The van der Waals surface area contributed by atoms with Gasteiger partial charge in [-0.25, -0.2) is 0 Å². The molecule has 1 rings (SSSR count). The molecule has 4 heteroatoms. The fourth-order valence-electron chi connectivity index (χ4n) is 1.55. The van der Waals surface area contributed by atoms with E-state index in [1.54, 1.807) is 0 Å². The molecule has 3 nitrogen and oxygen atoms in total. The number of halogens is 1. The molecule has 0 spiro atoms. The van der Waals surface area contributed by atoms with Crippen LogP contribution in [0.15, 0.2) is 16.6 Å². The summed E-state index contributed by atoms with van der Waals surface area (Å²) < 4.78 is 1.04. The van der Waals surface area contributed by atoms with Crippen molar-refractivity contribution in [3.8, 4) is 0 Å². The molecular weight excluding hydrogens is 268 g/mol. The Kier molecular flexibility index (Phi) is 4.96. The van der Waals surface area contributed by atoms with Gasteiger partial charge in [-0.3, -0.25) is 4.79 Å². The number of nitrogens with one attached hydrogen (secondary N) is 2. The van der Waals surface area contributed by atoms with Crippen molar-refractivity contribution in [2.75, 3.05) is 18.9 Å². The molecular formula is C12H17BrN2O. The van der Waals surface area contributed by atoms with E-state index >= 15 is 0 Å². The van der Waals surface area contributed by atoms with E-state index in [2.05, 4.69) is 26.6 Å². The van der Waals surface area contributed by atoms with Crippen LogP contribution in [0.25, 0.3) is 0 Å². The second-order valence-corrected chi connectivity index (χ2v) is 4.73. The van der Waals surface area contributed by atoms with Crippen LogP contribution in [-0.4, -0.2) is 19.5 Å². The maximum absolute atomic E-state index is 11.6. The van der Waals surface area contributed by atoms with E-state index in [4.69, 9.17) is 0 Å². The van der Waals surface area contributed by atoms with Crippen LogP contribution in [0, 0.1) is 13.8 Å². The number of carbonyl (C=O) groups excluding carboxylic acids is 1. The molecule has 1 amide bonds. The number of amides is 1. The van der Waals surface area contributed by atoms with Gasteiger partial charge in [-0.05, 0) is 44.2 Å². The summed E-state index contributed by atoms with van der Waals surface area (Å²) in [6, 6.07) is 4.00. The van der Waals surface area contributed by atoms with Gasteiger partial charge in [0.2, 0.25) is 5.91 Å². The highest BCUT2D eigenvalue weighted by Gasteiger charge is 2.07. The van der Waals surface area contributed by atoms with Gasteiger partial charge in [0.1, 0.15) is 0 Å². The summed E-state index contributed by atoms with van der Waals surface area (Å²) in [4.78, 5) is 11.6. The number of benzene rings is 1. The maximum atomic E-state index is 11.6. The molecule has 2 N–H and O–H groups in total. The number of aryl methyl sites for hydroxylation is 2. The van der Waals surface area contributed by atoms with Gasteiger partial charge in [-0.15, -0.1) is 0 Å². The van der Waals surface area contributed by atoms with Crippen LogP contribution in [0.2, 0.25) is 0 Å². The van der Waals surface area contributed by atoms with Gasteiger partial charge in [0.05, 0.1) is 0 Å². The summed E-state index contributed by atoms with van der Waals surface area (Å²) in [7, 11) is 1.84. The van der Waals surface area contributed by atoms with Crippen molar-refractivity contribution < 1.29 is 4.79 Å². The van der Waals surface area contributed by atoms with Crippen LogP contribution in [0.1, 0.15) is 17.5 Å². The topological polar surface area (TPSA) is 41.1 Å². The van der Waals surface area contributed by atoms with Gasteiger partial charge >= 0.3 is 0 Å². The molecule has 1 aromatic carbocycles. The molecule has 0 heterocycles. The molecule has 0 saturated carbocycles. The number of hydrogen-bond donors (Lipinski definition) is 2. The van der Waals surface area contributed by atoms with Crippen molar-refractivity contribution in [3.05, 3.63) is 27.7 Å². The van der Waals surface area contributed by atoms with Crippen molar-refractivity contribution >= 4 is 27.5 Å². The fraction of sp³-hybridized carbons (Fsp3) is 0.417. The first-order valence-corrected chi connectivity index (χ1v) is 6.05. The lowest BCUT2D eigenvalue weighted by atomic mass is 10.1. The zero-order valence-corrected chi connectivity index (χ0v) is 11.4. The lowest BCUT2D eigenvalue weighted by molar-refractivity contribution is -0.116. The molecule has 0 radical (unpaired) electrons. The molecule has 0 fully saturated rings. The minimum Gasteiger partial charge on any atom is -0.326 e. The first kappa shape index (κ1) is 13.2. The molecule has 0 aliphatic rings. The maximum Gasteiger partial charge on any atom is 0.225 e. The number of rotatable bonds is 4. The third-order valence-electron chi connectivity index (χ3n) is 2.36. The third-order valence-corrected chi connectivity index (χ3v) is 2.82. The SMILES string of the molecule is CNCCC(=O)Nc1c(C)cc(Br)cc1C. The molecule has 16 heavy (non-hydrogen) atoms. The highest BCUT2D eigenvalue weighted by molar-refractivity contribution is 9.10. The Morgan fingerprint density at radius 1 is 1.31 bits per heavy atom. The number of anilines is 1. The Morgan fingerprint density at radius 3 is 2.38 bits per heavy atom. The van der Waals surface area contributed by atoms with Crippen molar-refractivity contribution in [1.29, 1.82) is 0 Å². The average molecular weight is 285 g/mol. The van der Waals surface area contributed by atoms with Gasteiger partial charge in [-0.1, -0.05) is 15.9 Å². The second-order valence-electron chi connectivity index (χ2n) is 3.82. The normalized spacial score (nSPS) is 10.2. The summed E-state index contributed by atoms with van der Waals surface area (Å²) >= 11 is 3.43. The molecule has 0 aromatic heterocycles. The Morgan fingerprint density at radius 2 is 1.88 bits per heavy atom. The highest BCUT2D eigenvalue weighted by atomic mass is 79.9. The molecule has 0 bridgehead atoms. The Hall–Kier alpha value is -0.870. The fourth-order valence-corrected chi connectivity index (χ4v) is 2.24. The van der Waals surface area contributed by atoms with E-state index in [1.165, 1.54) is 0 Å². The number of carbonyl (C=O) groups is 1. The lowest BCUT2D eigenvalue weighted by Crippen LogP contribution is -2.19. The zero-order chi connectivity index (χ0) is 12.1. The minimum absolute atomic E-state index is 0.0443. The molecule has 0 unspecified atom stereocenters. The largest absolute Gasteiger partial charge is 0.326 e. The van der Waals surface area contributed by atoms with E-state index in [0.717, 1.165) is 21.3 Å². The van der Waals surface area contributed by atoms with E-state index in [1.807, 2.05) is 33.0 Å². The van der Waals surface area contributed by atoms with Crippen molar-refractivity contribution in [1.82, 2.24) is 5.32 Å². The number of hydrogen-bond acceptors (Lipinski definition) is 2. The molecule has 1 aromatic rings. The second kappa shape index (κ2) is 6.01. The molecule has 0 aliphatic heterocycles. The quantitative estimate of drug-likeness (QED) is 0.893. The standard InChI is InChI=1S/C12H17BrN2O/c1-8-6-10(13)7-9(2)12(8)15-11(16)4-5-14-3/h6-7,14H,4-5H2,1-3H3,(H,15,16). The van der Waals surface area contributed by atoms with E-state index < -0.39 is 0 Å². The van der Waals surface area contributed by atoms with Gasteiger partial charge in [-0.2, -0.15) is 0 Å². The highest BCUT2D eigenvalue weighted by Crippen LogP contribution is 2.25. The Balaban J connectivity index is 2.77. The van der Waals surface area contributed by atoms with Crippen LogP contribution in [-0.2, 0) is 4.79 Å². The smallest absolute Gasteiger partial charge is 0.225 e. The molecule has 0 aliphatic carbocycles. The summed E-state index contributed by atoms with van der Waals surface area (Å²) in [5.41, 5.74) is 3.07.